The van der Waals surface area contributed by atoms with E-state index in [1.165, 1.54) is 12.3 Å². The Morgan fingerprint density at radius 2 is 1.68 bits per heavy atom. The Bertz CT molecular complexity index is 1400. The van der Waals surface area contributed by atoms with E-state index in [9.17, 15) is 18.8 Å². The average Bonchev–Trinajstić information content (AvgIpc) is 2.86. The molecule has 0 saturated heterocycles. The van der Waals surface area contributed by atoms with Crippen LogP contribution in [0.5, 0.6) is 0 Å². The van der Waals surface area contributed by atoms with E-state index < -0.39 is 48.7 Å². The minimum Gasteiger partial charge on any atom is -0.461 e. The van der Waals surface area contributed by atoms with Gasteiger partial charge in [0.1, 0.15) is 6.04 Å². The van der Waals surface area contributed by atoms with E-state index in [4.69, 9.17) is 20.9 Å². The molecule has 0 fully saturated rings. The summed E-state index contributed by atoms with van der Waals surface area (Å²) in [7, 11) is 0. The number of fused-ring (bicyclic) bond motifs is 1. The van der Waals surface area contributed by atoms with Gasteiger partial charge in [0.25, 0.3) is 5.91 Å². The van der Waals surface area contributed by atoms with Crippen LogP contribution in [0.2, 0.25) is 0 Å². The van der Waals surface area contributed by atoms with Crippen LogP contribution in [0.1, 0.15) is 55.7 Å². The number of halogens is 1. The van der Waals surface area contributed by atoms with E-state index in [-0.39, 0.29) is 29.5 Å². The van der Waals surface area contributed by atoms with Crippen LogP contribution in [-0.4, -0.2) is 62.2 Å². The molecule has 2 atom stereocenters. The first-order chi connectivity index (χ1) is 18.8. The number of nitrogen functional groups attached to an aromatic ring is 2. The number of benzene rings is 1. The summed E-state index contributed by atoms with van der Waals surface area (Å²) in [6, 6.07) is 3.41. The molecule has 0 aliphatic carbocycles. The number of alkyl halides is 1. The highest BCUT2D eigenvalue weighted by Gasteiger charge is 2.31. The lowest BCUT2D eigenvalue weighted by molar-refractivity contribution is -0.155. The van der Waals surface area contributed by atoms with Crippen molar-refractivity contribution in [1.29, 1.82) is 0 Å². The summed E-state index contributed by atoms with van der Waals surface area (Å²) in [5.74, 6) is -2.49. The van der Waals surface area contributed by atoms with E-state index in [0.717, 1.165) is 0 Å². The molecule has 1 amide bonds. The number of anilines is 3. The first-order valence-electron chi connectivity index (χ1n) is 12.6. The van der Waals surface area contributed by atoms with Crippen molar-refractivity contribution in [2.45, 2.75) is 72.0 Å². The molecule has 1 aromatic carbocycles. The van der Waals surface area contributed by atoms with Crippen LogP contribution in [0.3, 0.4) is 0 Å². The molecule has 0 aliphatic heterocycles. The second-order valence-corrected chi connectivity index (χ2v) is 9.58. The number of rotatable bonds is 11. The van der Waals surface area contributed by atoms with E-state index in [0.29, 0.717) is 22.5 Å². The number of hydrogen-bond donors (Lipinski definition) is 4. The second kappa shape index (κ2) is 13.0. The van der Waals surface area contributed by atoms with Gasteiger partial charge in [-0.25, -0.2) is 23.9 Å². The van der Waals surface area contributed by atoms with Gasteiger partial charge in [-0.3, -0.25) is 4.79 Å². The Morgan fingerprint density at radius 1 is 1.00 bits per heavy atom. The first-order valence-corrected chi connectivity index (χ1v) is 12.6. The Labute approximate surface area is 230 Å². The van der Waals surface area contributed by atoms with Crippen molar-refractivity contribution in [3.63, 3.8) is 0 Å². The van der Waals surface area contributed by atoms with Gasteiger partial charge in [0.15, 0.2) is 23.2 Å². The number of amides is 1. The lowest BCUT2D eigenvalue weighted by atomic mass is 10.1. The zero-order valence-electron chi connectivity index (χ0n) is 22.9. The number of esters is 2. The van der Waals surface area contributed by atoms with Crippen molar-refractivity contribution in [1.82, 2.24) is 25.3 Å². The fourth-order valence-electron chi connectivity index (χ4n) is 3.64. The van der Waals surface area contributed by atoms with Crippen LogP contribution in [0.15, 0.2) is 24.4 Å². The van der Waals surface area contributed by atoms with Crippen molar-refractivity contribution in [2.75, 3.05) is 16.8 Å². The van der Waals surface area contributed by atoms with Crippen LogP contribution in [0, 0.1) is 6.92 Å². The Balaban J connectivity index is 1.70. The Hall–Kier alpha value is -4.62. The minimum absolute atomic E-state index is 0.00575. The van der Waals surface area contributed by atoms with Gasteiger partial charge >= 0.3 is 11.9 Å². The van der Waals surface area contributed by atoms with Gasteiger partial charge in [0.2, 0.25) is 5.95 Å². The van der Waals surface area contributed by atoms with Gasteiger partial charge in [-0.05, 0) is 58.4 Å². The summed E-state index contributed by atoms with van der Waals surface area (Å²) in [6.07, 6.45) is -2.26. The molecule has 214 valence electrons. The lowest BCUT2D eigenvalue weighted by Gasteiger charge is -2.21. The van der Waals surface area contributed by atoms with Crippen LogP contribution >= 0.6 is 0 Å². The van der Waals surface area contributed by atoms with Gasteiger partial charge in [0.05, 0.1) is 30.6 Å². The van der Waals surface area contributed by atoms with Crippen molar-refractivity contribution in [2.24, 2.45) is 0 Å². The molecule has 6 N–H and O–H groups in total. The van der Waals surface area contributed by atoms with E-state index in [1.807, 2.05) is 0 Å². The first kappa shape index (κ1) is 29.9. The van der Waals surface area contributed by atoms with Crippen molar-refractivity contribution >= 4 is 46.5 Å². The summed E-state index contributed by atoms with van der Waals surface area (Å²) in [6.45, 7) is 8.46. The summed E-state index contributed by atoms with van der Waals surface area (Å²) < 4.78 is 24.6. The molecule has 0 radical (unpaired) electrons. The number of nitrogens with two attached hydrogens (primary N) is 2. The number of carbonyl (C=O) groups excluding carboxylic acids is 3. The zero-order valence-corrected chi connectivity index (χ0v) is 22.9. The Morgan fingerprint density at radius 3 is 2.33 bits per heavy atom. The molecule has 0 saturated carbocycles. The molecule has 0 spiro atoms. The maximum absolute atomic E-state index is 14.6. The highest BCUT2D eigenvalue weighted by Crippen LogP contribution is 2.20. The number of ether oxygens (including phenoxy) is 2. The predicted octanol–water partition coefficient (Wildman–Crippen LogP) is 2.23. The fraction of sp³-hybridized carbons (Fsp3) is 0.423. The molecule has 0 aliphatic rings. The smallest absolute Gasteiger partial charge is 0.341 e. The molecular weight excluding hydrogens is 523 g/mol. The number of nitrogens with one attached hydrogen (secondary N) is 2. The topological polar surface area (TPSA) is 197 Å². The largest absolute Gasteiger partial charge is 0.461 e. The summed E-state index contributed by atoms with van der Waals surface area (Å²) in [4.78, 5) is 54.0. The van der Waals surface area contributed by atoms with E-state index in [2.05, 4.69) is 30.6 Å². The van der Waals surface area contributed by atoms with Crippen molar-refractivity contribution in [3.05, 3.63) is 41.2 Å². The zero-order chi connectivity index (χ0) is 29.6. The quantitative estimate of drug-likeness (QED) is 0.252. The summed E-state index contributed by atoms with van der Waals surface area (Å²) in [5.41, 5.74) is 14.3. The molecule has 40 heavy (non-hydrogen) atoms. The molecule has 2 heterocycles. The SMILES string of the molecule is Cc1cc(C(=O)N[C@@H](C[C@@H](F)C(=O)OC(C)C)C(=O)OC(C)C)ccc1NCc1cnc2nc(N)nc(N)c2n1. The maximum atomic E-state index is 14.6. The highest BCUT2D eigenvalue weighted by atomic mass is 19.1. The van der Waals surface area contributed by atoms with Crippen LogP contribution in [-0.2, 0) is 25.6 Å². The fourth-order valence-corrected chi connectivity index (χ4v) is 3.64. The number of hydrogen-bond acceptors (Lipinski definition) is 12. The number of nitrogens with zero attached hydrogens (tertiary/aromatic N) is 4. The molecular formula is C26H33FN8O5. The van der Waals surface area contributed by atoms with Crippen LogP contribution in [0.4, 0.5) is 21.8 Å². The molecule has 0 bridgehead atoms. The molecule has 0 unspecified atom stereocenters. The summed E-state index contributed by atoms with van der Waals surface area (Å²) in [5, 5.41) is 5.69. The van der Waals surface area contributed by atoms with Crippen LogP contribution in [0.25, 0.3) is 11.2 Å². The molecule has 13 nitrogen and oxygen atoms in total. The normalized spacial score (nSPS) is 12.7. The molecule has 2 aromatic heterocycles. The van der Waals surface area contributed by atoms with E-state index in [1.54, 1.807) is 46.8 Å². The third kappa shape index (κ3) is 7.94. The van der Waals surface area contributed by atoms with Crippen LogP contribution < -0.4 is 22.1 Å². The van der Waals surface area contributed by atoms with Gasteiger partial charge < -0.3 is 31.6 Å². The van der Waals surface area contributed by atoms with Gasteiger partial charge in [-0.1, -0.05) is 0 Å². The lowest BCUT2D eigenvalue weighted by Crippen LogP contribution is -2.45. The third-order valence-electron chi connectivity index (χ3n) is 5.44. The molecule has 3 aromatic rings. The van der Waals surface area contributed by atoms with Gasteiger partial charge in [0, 0.05) is 17.7 Å². The van der Waals surface area contributed by atoms with Gasteiger partial charge in [-0.2, -0.15) is 9.97 Å². The predicted molar refractivity (Wildman–Crippen MR) is 146 cm³/mol. The van der Waals surface area contributed by atoms with Crippen molar-refractivity contribution in [3.8, 4) is 0 Å². The Kier molecular flexibility index (Phi) is 9.69. The highest BCUT2D eigenvalue weighted by molar-refractivity contribution is 5.97. The number of carbonyl (C=O) groups is 3. The average molecular weight is 557 g/mol. The van der Waals surface area contributed by atoms with Gasteiger partial charge in [-0.15, -0.1) is 0 Å². The second-order valence-electron chi connectivity index (χ2n) is 9.58. The molecule has 3 rings (SSSR count). The number of aryl methyl sites for hydroxylation is 1. The standard InChI is InChI=1S/C26H33FN8O5/c1-12(2)39-24(37)17(27)9-19(25(38)40-13(3)4)33-23(36)15-6-7-18(14(5)8-15)30-10-16-11-31-22-20(32-16)21(28)34-26(29)35-22/h6-8,11-13,17,19,30H,9-10H2,1-5H3,(H,33,36)(H4,28,29,31,34,35)/t17-,19+/m1/s1. The maximum Gasteiger partial charge on any atom is 0.341 e. The molecule has 14 heteroatoms. The number of aromatic nitrogens is 4. The summed E-state index contributed by atoms with van der Waals surface area (Å²) >= 11 is 0. The third-order valence-corrected chi connectivity index (χ3v) is 5.44. The van der Waals surface area contributed by atoms with Crippen molar-refractivity contribution < 1.29 is 28.2 Å². The monoisotopic (exact) mass is 556 g/mol. The van der Waals surface area contributed by atoms with E-state index >= 15 is 0 Å². The minimum atomic E-state index is -2.13.